The predicted molar refractivity (Wildman–Crippen MR) is 51.1 cm³/mol. The summed E-state index contributed by atoms with van der Waals surface area (Å²) in [6, 6.07) is 0. The molecule has 0 saturated carbocycles. The molecule has 3 aliphatic rings. The third kappa shape index (κ3) is 9.06. The van der Waals surface area contributed by atoms with Crippen LogP contribution in [0, 0.1) is 73.8 Å². The van der Waals surface area contributed by atoms with Crippen molar-refractivity contribution in [2.24, 2.45) is 0 Å². The van der Waals surface area contributed by atoms with Crippen molar-refractivity contribution in [3.63, 3.8) is 0 Å². The van der Waals surface area contributed by atoms with Crippen LogP contribution in [0.4, 0.5) is 0 Å². The van der Waals surface area contributed by atoms with Gasteiger partial charge in [0.2, 0.25) is 0 Å². The van der Waals surface area contributed by atoms with Gasteiger partial charge in [0.05, 0.1) is 0 Å². The Labute approximate surface area is 124 Å². The molecular formula is C15Er. The summed E-state index contributed by atoms with van der Waals surface area (Å²) in [5.74, 6) is 0. The molecule has 0 heterocycles. The molecule has 0 aromatic rings. The third-order valence-corrected chi connectivity index (χ3v) is 0.938. The fraction of sp³-hybridized carbons (Fsp3) is 0. The van der Waals surface area contributed by atoms with Crippen molar-refractivity contribution in [3.05, 3.63) is 88.0 Å². The Morgan fingerprint density at radius 3 is 0.812 bits per heavy atom. The smallest absolute Gasteiger partial charge is 0.288 e. The number of hydrogen-bond donors (Lipinski definition) is 0. The Hall–Kier alpha value is -1.51. The van der Waals surface area contributed by atoms with Crippen LogP contribution in [-0.2, 0) is 0 Å². The molecule has 0 N–H and O–H groups in total. The van der Waals surface area contributed by atoms with Gasteiger partial charge in [-0.2, -0.15) is 0 Å². The second kappa shape index (κ2) is 11.6. The first-order valence-corrected chi connectivity index (χ1v) is 3.75. The van der Waals surface area contributed by atoms with Crippen molar-refractivity contribution < 1.29 is 37.3 Å². The molecule has 0 aromatic carbocycles. The molecule has 16 heavy (non-hydrogen) atoms. The van der Waals surface area contributed by atoms with Crippen LogP contribution in [0.2, 0.25) is 0 Å². The van der Waals surface area contributed by atoms with Gasteiger partial charge in [0.1, 0.15) is 0 Å². The van der Waals surface area contributed by atoms with E-state index in [-0.39, 0.29) is 37.3 Å². The molecule has 0 nitrogen and oxygen atoms in total. The Morgan fingerprint density at radius 1 is 0.438 bits per heavy atom. The molecule has 0 aliphatic heterocycles. The van der Waals surface area contributed by atoms with Gasteiger partial charge < -0.3 is 0 Å². The maximum atomic E-state index is 2.50. The number of allylic oxidation sites excluding steroid dienone is 6. The van der Waals surface area contributed by atoms with E-state index < -0.39 is 0 Å². The van der Waals surface area contributed by atoms with E-state index in [0.29, 0.717) is 0 Å². The Kier molecular flexibility index (Phi) is 10.5. The maximum absolute atomic E-state index is 2.50. The summed E-state index contributed by atoms with van der Waals surface area (Å²) < 4.78 is 0. The molecule has 0 amide bonds. The molecule has 0 atom stereocenters. The van der Waals surface area contributed by atoms with Gasteiger partial charge in [0.15, 0.2) is 0 Å². The molecule has 1 heteroatoms. The molecule has 0 aromatic heterocycles. The minimum atomic E-state index is 0. The quantitative estimate of drug-likeness (QED) is 0.464. The maximum Gasteiger partial charge on any atom is 3.00 e. The standard InChI is InChI=1S/3C5.Er/c3*1-2-4-5-3-1;/q3*-1;+3. The molecule has 72 valence electrons. The minimum Gasteiger partial charge on any atom is -0.288 e. The summed E-state index contributed by atoms with van der Waals surface area (Å²) in [6.45, 7) is 0. The monoisotopic (exact) mass is 346 g/mol. The van der Waals surface area contributed by atoms with E-state index in [1.165, 1.54) is 0 Å². The SMILES string of the molecule is [C]1=C=C=C=[C-]1.[C]1=C=C=C=[C-]1.[C]1=C=C=C=[C-]1.[Er+3]. The normalized spacial score (nSPS) is 10.5. The zero-order valence-corrected chi connectivity index (χ0v) is 9.64. The van der Waals surface area contributed by atoms with Crippen molar-refractivity contribution in [2.45, 2.75) is 0 Å². The van der Waals surface area contributed by atoms with Crippen molar-refractivity contribution in [1.82, 2.24) is 0 Å². The summed E-state index contributed by atoms with van der Waals surface area (Å²) in [4.78, 5) is 0. The van der Waals surface area contributed by atoms with Gasteiger partial charge in [-0.1, -0.05) is 0 Å². The number of rotatable bonds is 0. The van der Waals surface area contributed by atoms with Crippen LogP contribution >= 0.6 is 0 Å². The fourth-order valence-corrected chi connectivity index (χ4v) is 0.469. The summed E-state index contributed by atoms with van der Waals surface area (Å²) >= 11 is 0. The second-order valence-corrected chi connectivity index (χ2v) is 1.88. The van der Waals surface area contributed by atoms with Gasteiger partial charge in [-0.15, -0.1) is 36.5 Å². The zero-order valence-electron chi connectivity index (χ0n) is 7.79. The van der Waals surface area contributed by atoms with Crippen molar-refractivity contribution in [3.8, 4) is 0 Å². The Bertz CT molecular complexity index is 487. The molecule has 0 bridgehead atoms. The third-order valence-electron chi connectivity index (χ3n) is 0.938. The largest absolute Gasteiger partial charge is 3.00 e. The zero-order chi connectivity index (χ0) is 10.6. The van der Waals surface area contributed by atoms with E-state index in [4.69, 9.17) is 0 Å². The molecule has 0 unspecified atom stereocenters. The summed E-state index contributed by atoms with van der Waals surface area (Å²) in [5, 5.41) is 0. The summed E-state index contributed by atoms with van der Waals surface area (Å²) in [7, 11) is 0. The van der Waals surface area contributed by atoms with Gasteiger partial charge in [-0.25, -0.2) is 17.2 Å². The molecular weight excluding hydrogens is 347 g/mol. The van der Waals surface area contributed by atoms with Crippen LogP contribution in [0.1, 0.15) is 0 Å². The van der Waals surface area contributed by atoms with Crippen molar-refractivity contribution >= 4 is 0 Å². The van der Waals surface area contributed by atoms with E-state index in [9.17, 15) is 0 Å². The van der Waals surface area contributed by atoms with E-state index in [2.05, 4.69) is 88.0 Å². The average Bonchev–Trinajstić information content (AvgIpc) is 3.09. The molecule has 0 saturated heterocycles. The predicted octanol–water partition coefficient (Wildman–Crippen LogP) is 1.88. The van der Waals surface area contributed by atoms with Crippen LogP contribution in [0.25, 0.3) is 0 Å². The van der Waals surface area contributed by atoms with Crippen LogP contribution < -0.4 is 0 Å². The molecule has 3 rings (SSSR count). The van der Waals surface area contributed by atoms with Crippen LogP contribution in [0.5, 0.6) is 0 Å². The van der Waals surface area contributed by atoms with Crippen LogP contribution in [0.15, 0.2) is 51.6 Å². The summed E-state index contributed by atoms with van der Waals surface area (Å²) in [6.07, 6.45) is 15.0. The molecule has 0 fully saturated rings. The first kappa shape index (κ1) is 14.5. The van der Waals surface area contributed by atoms with E-state index in [1.54, 1.807) is 0 Å². The van der Waals surface area contributed by atoms with Gasteiger partial charge in [0.25, 0.3) is 0 Å². The van der Waals surface area contributed by atoms with Crippen LogP contribution in [0.3, 0.4) is 0 Å². The van der Waals surface area contributed by atoms with Crippen molar-refractivity contribution in [2.75, 3.05) is 0 Å². The van der Waals surface area contributed by atoms with Gasteiger partial charge in [-0.3, -0.25) is 34.4 Å². The Morgan fingerprint density at radius 2 is 0.750 bits per heavy atom. The van der Waals surface area contributed by atoms with Gasteiger partial charge in [-0.05, 0) is 0 Å². The topological polar surface area (TPSA) is 0 Å². The molecule has 0 spiro atoms. The van der Waals surface area contributed by atoms with Crippen LogP contribution in [-0.4, -0.2) is 0 Å². The van der Waals surface area contributed by atoms with Gasteiger partial charge >= 0.3 is 37.3 Å². The van der Waals surface area contributed by atoms with E-state index in [0.717, 1.165) is 0 Å². The second-order valence-electron chi connectivity index (χ2n) is 1.88. The molecule has 3 aliphatic carbocycles. The average molecular weight is 347 g/mol. The van der Waals surface area contributed by atoms with Gasteiger partial charge in [0, 0.05) is 0 Å². The first-order chi connectivity index (χ1) is 7.50. The number of hydrogen-bond acceptors (Lipinski definition) is 0. The minimum absolute atomic E-state index is 0. The molecule has 4 radical (unpaired) electrons. The first-order valence-electron chi connectivity index (χ1n) is 3.75. The summed E-state index contributed by atoms with van der Waals surface area (Å²) in [5.41, 5.74) is 22.5. The Balaban J connectivity index is 0.000000205. The van der Waals surface area contributed by atoms with Crippen molar-refractivity contribution in [1.29, 1.82) is 0 Å². The van der Waals surface area contributed by atoms with E-state index in [1.807, 2.05) is 0 Å². The van der Waals surface area contributed by atoms with E-state index >= 15 is 0 Å². The fourth-order valence-electron chi connectivity index (χ4n) is 0.469.